The van der Waals surface area contributed by atoms with E-state index in [-0.39, 0.29) is 10.6 Å². The summed E-state index contributed by atoms with van der Waals surface area (Å²) in [5, 5.41) is 22.4. The number of carboxylic acid groups (broad SMARTS) is 1. The number of morpholine rings is 1. The molecule has 1 aromatic heterocycles. The van der Waals surface area contributed by atoms with Crippen LogP contribution in [0.25, 0.3) is 22.6 Å². The van der Waals surface area contributed by atoms with Gasteiger partial charge in [0.2, 0.25) is 0 Å². The Balaban J connectivity index is 1.61. The molecule has 2 aromatic carbocycles. The van der Waals surface area contributed by atoms with Crippen LogP contribution in [0, 0.1) is 10.1 Å². The van der Waals surface area contributed by atoms with Gasteiger partial charge >= 0.3 is 5.97 Å². The maximum atomic E-state index is 12.1. The van der Waals surface area contributed by atoms with E-state index in [2.05, 4.69) is 0 Å². The Morgan fingerprint density at radius 2 is 1.94 bits per heavy atom. The van der Waals surface area contributed by atoms with E-state index in [0.29, 0.717) is 66.1 Å². The van der Waals surface area contributed by atoms with E-state index in [4.69, 9.17) is 9.72 Å². The molecule has 5 rings (SSSR count). The highest BCUT2D eigenvalue weighted by Crippen LogP contribution is 2.37. The Labute approximate surface area is 190 Å². The van der Waals surface area contributed by atoms with E-state index in [1.165, 1.54) is 0 Å². The highest BCUT2D eigenvalue weighted by atomic mass is 16.6. The second kappa shape index (κ2) is 8.63. The smallest absolute Gasteiger partial charge is 0.336 e. The first-order valence-corrected chi connectivity index (χ1v) is 11.0. The van der Waals surface area contributed by atoms with Gasteiger partial charge in [0.1, 0.15) is 5.69 Å². The van der Waals surface area contributed by atoms with Crippen molar-refractivity contribution in [1.82, 2.24) is 4.98 Å². The van der Waals surface area contributed by atoms with Gasteiger partial charge in [0.05, 0.1) is 34.9 Å². The van der Waals surface area contributed by atoms with Crippen LogP contribution in [0.3, 0.4) is 0 Å². The van der Waals surface area contributed by atoms with E-state index >= 15 is 0 Å². The predicted octanol–water partition coefficient (Wildman–Crippen LogP) is 4.55. The molecule has 168 valence electrons. The zero-order valence-corrected chi connectivity index (χ0v) is 18.0. The van der Waals surface area contributed by atoms with Gasteiger partial charge < -0.3 is 14.7 Å². The van der Waals surface area contributed by atoms with Crippen molar-refractivity contribution in [3.8, 4) is 0 Å². The zero-order valence-electron chi connectivity index (χ0n) is 18.0. The molecule has 8 nitrogen and oxygen atoms in total. The van der Waals surface area contributed by atoms with Crippen LogP contribution in [0.2, 0.25) is 0 Å². The minimum absolute atomic E-state index is 0.0555. The van der Waals surface area contributed by atoms with Gasteiger partial charge in [-0.25, -0.2) is 9.78 Å². The number of anilines is 1. The highest BCUT2D eigenvalue weighted by molar-refractivity contribution is 6.05. The summed E-state index contributed by atoms with van der Waals surface area (Å²) in [6.07, 6.45) is 4.08. The summed E-state index contributed by atoms with van der Waals surface area (Å²) in [5.74, 6) is -0.961. The molecule has 1 aliphatic heterocycles. The van der Waals surface area contributed by atoms with Gasteiger partial charge in [-0.15, -0.1) is 0 Å². The van der Waals surface area contributed by atoms with Crippen molar-refractivity contribution in [3.63, 3.8) is 0 Å². The first kappa shape index (κ1) is 21.1. The number of nitro groups is 1. The fourth-order valence-electron chi connectivity index (χ4n) is 4.77. The predicted molar refractivity (Wildman–Crippen MR) is 126 cm³/mol. The third kappa shape index (κ3) is 3.93. The molecule has 0 unspecified atom stereocenters. The highest BCUT2D eigenvalue weighted by Gasteiger charge is 2.26. The number of pyridine rings is 1. The third-order valence-electron chi connectivity index (χ3n) is 6.27. The van der Waals surface area contributed by atoms with Gasteiger partial charge in [0, 0.05) is 24.5 Å². The molecule has 0 bridgehead atoms. The molecule has 2 heterocycles. The number of para-hydroxylation sites is 1. The monoisotopic (exact) mass is 445 g/mol. The number of carboxylic acids is 1. The number of ether oxygens (including phenoxy) is 1. The second-order valence-corrected chi connectivity index (χ2v) is 8.26. The molecular weight excluding hydrogens is 422 g/mol. The number of allylic oxidation sites excluding steroid dienone is 1. The largest absolute Gasteiger partial charge is 0.478 e. The van der Waals surface area contributed by atoms with E-state index in [0.717, 1.165) is 24.0 Å². The summed E-state index contributed by atoms with van der Waals surface area (Å²) >= 11 is 0. The Morgan fingerprint density at radius 1 is 1.15 bits per heavy atom. The van der Waals surface area contributed by atoms with E-state index in [1.54, 1.807) is 18.2 Å². The lowest BCUT2D eigenvalue weighted by atomic mass is 9.86. The molecule has 8 heteroatoms. The fourth-order valence-corrected chi connectivity index (χ4v) is 4.77. The molecule has 33 heavy (non-hydrogen) atoms. The van der Waals surface area contributed by atoms with Crippen LogP contribution in [0.4, 0.5) is 11.4 Å². The fraction of sp³-hybridized carbons (Fsp3) is 0.280. The number of carbonyl (C=O) groups is 1. The number of nitro benzene ring substituents is 1. The molecule has 1 N–H and O–H groups in total. The Morgan fingerprint density at radius 3 is 2.70 bits per heavy atom. The minimum Gasteiger partial charge on any atom is -0.478 e. The van der Waals surface area contributed by atoms with Crippen LogP contribution >= 0.6 is 0 Å². The van der Waals surface area contributed by atoms with Crippen LogP contribution in [0.5, 0.6) is 0 Å². The van der Waals surface area contributed by atoms with Crippen molar-refractivity contribution in [1.29, 1.82) is 0 Å². The molecule has 0 radical (unpaired) electrons. The summed E-state index contributed by atoms with van der Waals surface area (Å²) in [4.78, 5) is 30.4. The summed E-state index contributed by atoms with van der Waals surface area (Å²) in [6.45, 7) is 2.32. The first-order valence-electron chi connectivity index (χ1n) is 11.0. The topological polar surface area (TPSA) is 106 Å². The summed E-state index contributed by atoms with van der Waals surface area (Å²) in [5.41, 5.74) is 4.60. The first-order chi connectivity index (χ1) is 16.0. The average molecular weight is 445 g/mol. The SMILES string of the molecule is O=C(O)c1c2c(nc3ccccc13)C(=Cc1ccc(N3CCOCC3)c([N+](=O)[O-])c1)CCC2. The van der Waals surface area contributed by atoms with E-state index in [1.807, 2.05) is 35.2 Å². The van der Waals surface area contributed by atoms with Crippen LogP contribution in [-0.2, 0) is 11.2 Å². The maximum Gasteiger partial charge on any atom is 0.336 e. The van der Waals surface area contributed by atoms with Crippen LogP contribution in [-0.4, -0.2) is 47.3 Å². The van der Waals surface area contributed by atoms with Gasteiger partial charge in [0.25, 0.3) is 5.69 Å². The normalized spacial score (nSPS) is 17.2. The van der Waals surface area contributed by atoms with Crippen LogP contribution < -0.4 is 4.90 Å². The summed E-state index contributed by atoms with van der Waals surface area (Å²) in [6, 6.07) is 12.5. The molecule has 0 amide bonds. The van der Waals surface area contributed by atoms with E-state index < -0.39 is 5.97 Å². The van der Waals surface area contributed by atoms with Crippen molar-refractivity contribution in [2.24, 2.45) is 0 Å². The number of rotatable bonds is 4. The summed E-state index contributed by atoms with van der Waals surface area (Å²) < 4.78 is 5.37. The average Bonchev–Trinajstić information content (AvgIpc) is 2.83. The maximum absolute atomic E-state index is 12.1. The minimum atomic E-state index is -0.961. The molecule has 1 aliphatic carbocycles. The third-order valence-corrected chi connectivity index (χ3v) is 6.27. The molecule has 0 saturated carbocycles. The Hall–Kier alpha value is -3.78. The van der Waals surface area contributed by atoms with Crippen molar-refractivity contribution in [2.45, 2.75) is 19.3 Å². The molecule has 2 aliphatic rings. The van der Waals surface area contributed by atoms with Crippen molar-refractivity contribution in [2.75, 3.05) is 31.2 Å². The quantitative estimate of drug-likeness (QED) is 0.464. The zero-order chi connectivity index (χ0) is 22.9. The molecule has 3 aromatic rings. The molecule has 0 spiro atoms. The van der Waals surface area contributed by atoms with Crippen molar-refractivity contribution in [3.05, 3.63) is 75.0 Å². The Bertz CT molecular complexity index is 1290. The molecular formula is C25H23N3O5. The van der Waals surface area contributed by atoms with Gasteiger partial charge in [-0.2, -0.15) is 0 Å². The lowest BCUT2D eigenvalue weighted by Crippen LogP contribution is -2.36. The van der Waals surface area contributed by atoms with Crippen molar-refractivity contribution >= 4 is 39.9 Å². The Kier molecular flexibility index (Phi) is 5.51. The lowest BCUT2D eigenvalue weighted by Gasteiger charge is -2.28. The number of fused-ring (bicyclic) bond motifs is 2. The number of aromatic carboxylic acids is 1. The van der Waals surface area contributed by atoms with Gasteiger partial charge in [-0.05, 0) is 54.2 Å². The molecule has 1 saturated heterocycles. The second-order valence-electron chi connectivity index (χ2n) is 8.26. The van der Waals surface area contributed by atoms with E-state index in [9.17, 15) is 20.0 Å². The van der Waals surface area contributed by atoms with Gasteiger partial charge in [0.15, 0.2) is 0 Å². The molecule has 1 fully saturated rings. The van der Waals surface area contributed by atoms with Crippen LogP contribution in [0.1, 0.15) is 40.0 Å². The number of aromatic nitrogens is 1. The summed E-state index contributed by atoms with van der Waals surface area (Å²) in [7, 11) is 0. The van der Waals surface area contributed by atoms with Crippen LogP contribution in [0.15, 0.2) is 42.5 Å². The number of hydrogen-bond donors (Lipinski definition) is 1. The number of hydrogen-bond acceptors (Lipinski definition) is 6. The van der Waals surface area contributed by atoms with Gasteiger partial charge in [-0.3, -0.25) is 10.1 Å². The van der Waals surface area contributed by atoms with Crippen molar-refractivity contribution < 1.29 is 19.6 Å². The standard InChI is InChI=1S/C25H23N3O5/c29-25(30)23-18-5-1-2-7-20(18)26-24-17(4-3-6-19(23)24)14-16-8-9-21(22(15-16)28(31)32)27-10-12-33-13-11-27/h1-2,5,7-9,14-15H,3-4,6,10-13H2,(H,29,30). The molecule has 0 atom stereocenters. The van der Waals surface area contributed by atoms with Gasteiger partial charge in [-0.1, -0.05) is 24.3 Å². The number of nitrogens with zero attached hydrogens (tertiary/aromatic N) is 3. The number of benzene rings is 2. The lowest BCUT2D eigenvalue weighted by molar-refractivity contribution is -0.384.